The van der Waals surface area contributed by atoms with Gasteiger partial charge in [0.05, 0.1) is 17.3 Å². The van der Waals surface area contributed by atoms with Crippen molar-refractivity contribution in [1.82, 2.24) is 4.98 Å². The second-order valence-corrected chi connectivity index (χ2v) is 8.52. The average molecular weight is 441 g/mol. The normalized spacial score (nSPS) is 18.2. The highest BCUT2D eigenvalue weighted by Crippen LogP contribution is 2.44. The first kappa shape index (κ1) is 20.1. The molecule has 0 radical (unpaired) electrons. The number of ketones is 1. The number of aliphatic hydroxyl groups is 1. The number of aryl methyl sites for hydroxylation is 2. The van der Waals surface area contributed by atoms with E-state index in [9.17, 15) is 19.8 Å². The van der Waals surface area contributed by atoms with E-state index in [1.165, 1.54) is 28.4 Å². The van der Waals surface area contributed by atoms with Crippen LogP contribution in [0.2, 0.25) is 5.02 Å². The van der Waals surface area contributed by atoms with Crippen molar-refractivity contribution in [1.29, 1.82) is 0 Å². The Labute approximate surface area is 181 Å². The molecule has 0 bridgehead atoms. The second-order valence-electron chi connectivity index (χ2n) is 6.91. The van der Waals surface area contributed by atoms with Gasteiger partial charge in [0.2, 0.25) is 0 Å². The summed E-state index contributed by atoms with van der Waals surface area (Å²) in [5.41, 5.74) is 1.65. The first-order valence-electron chi connectivity index (χ1n) is 9.08. The lowest BCUT2D eigenvalue weighted by atomic mass is 9.95. The molecule has 2 heterocycles. The van der Waals surface area contributed by atoms with Gasteiger partial charge in [-0.1, -0.05) is 23.7 Å². The molecule has 1 unspecified atom stereocenters. The number of Topliss-reactive ketones (excluding diaryl/α,β-unsaturated/α-hetero) is 1. The molecule has 0 spiro atoms. The van der Waals surface area contributed by atoms with E-state index in [0.717, 1.165) is 10.6 Å². The maximum Gasteiger partial charge on any atom is 0.301 e. The minimum absolute atomic E-state index is 0.0430. The van der Waals surface area contributed by atoms with Gasteiger partial charge < -0.3 is 10.2 Å². The van der Waals surface area contributed by atoms with E-state index in [-0.39, 0.29) is 17.1 Å². The standard InChI is InChI=1S/C22H17ClN2O4S/c1-11-12(2)30-22(24-11)25-18(13-5-9-16(26)10-6-13)17(20(28)21(25)29)19(27)14-3-7-15(23)8-4-14/h3-10,18,26-27H,1-2H3/b19-17-. The zero-order valence-electron chi connectivity index (χ0n) is 16.1. The predicted octanol–water partition coefficient (Wildman–Crippen LogP) is 4.75. The number of nitrogens with zero attached hydrogens (tertiary/aromatic N) is 2. The number of phenolic OH excluding ortho intramolecular Hbond substituents is 1. The number of amides is 1. The molecule has 1 fully saturated rings. The first-order valence-corrected chi connectivity index (χ1v) is 10.3. The number of aromatic hydroxyl groups is 1. The van der Waals surface area contributed by atoms with Crippen molar-refractivity contribution in [3.8, 4) is 5.75 Å². The van der Waals surface area contributed by atoms with E-state index in [1.54, 1.807) is 36.4 Å². The number of hydrogen-bond donors (Lipinski definition) is 2. The van der Waals surface area contributed by atoms with Gasteiger partial charge in [-0.3, -0.25) is 14.5 Å². The number of anilines is 1. The highest BCUT2D eigenvalue weighted by molar-refractivity contribution is 7.16. The molecule has 2 N–H and O–H groups in total. The number of carbonyl (C=O) groups is 2. The molecule has 1 saturated heterocycles. The molecule has 1 aliphatic heterocycles. The van der Waals surface area contributed by atoms with Crippen molar-refractivity contribution in [2.24, 2.45) is 0 Å². The molecule has 30 heavy (non-hydrogen) atoms. The topological polar surface area (TPSA) is 90.7 Å². The van der Waals surface area contributed by atoms with E-state index in [0.29, 0.717) is 21.3 Å². The number of phenols is 1. The molecular weight excluding hydrogens is 424 g/mol. The van der Waals surface area contributed by atoms with E-state index < -0.39 is 17.7 Å². The number of rotatable bonds is 3. The van der Waals surface area contributed by atoms with Gasteiger partial charge in [-0.05, 0) is 55.8 Å². The number of thiazole rings is 1. The van der Waals surface area contributed by atoms with Crippen molar-refractivity contribution in [2.75, 3.05) is 4.90 Å². The number of carbonyl (C=O) groups excluding carboxylic acids is 2. The Morgan fingerprint density at radius 3 is 2.27 bits per heavy atom. The Morgan fingerprint density at radius 1 is 1.07 bits per heavy atom. The van der Waals surface area contributed by atoms with Crippen LogP contribution in [0.1, 0.15) is 27.7 Å². The number of aromatic nitrogens is 1. The minimum Gasteiger partial charge on any atom is -0.508 e. The Morgan fingerprint density at radius 2 is 1.70 bits per heavy atom. The van der Waals surface area contributed by atoms with Crippen molar-refractivity contribution in [3.05, 3.63) is 80.8 Å². The van der Waals surface area contributed by atoms with Crippen molar-refractivity contribution in [3.63, 3.8) is 0 Å². The van der Waals surface area contributed by atoms with Crippen LogP contribution < -0.4 is 4.90 Å². The van der Waals surface area contributed by atoms with Crippen molar-refractivity contribution in [2.45, 2.75) is 19.9 Å². The largest absolute Gasteiger partial charge is 0.508 e. The lowest BCUT2D eigenvalue weighted by molar-refractivity contribution is -0.132. The second kappa shape index (κ2) is 7.59. The third-order valence-corrected chi connectivity index (χ3v) is 6.32. The summed E-state index contributed by atoms with van der Waals surface area (Å²) >= 11 is 7.23. The summed E-state index contributed by atoms with van der Waals surface area (Å²) in [4.78, 5) is 32.7. The van der Waals surface area contributed by atoms with Gasteiger partial charge in [0, 0.05) is 15.5 Å². The van der Waals surface area contributed by atoms with Crippen LogP contribution in [0.3, 0.4) is 0 Å². The third-order valence-electron chi connectivity index (χ3n) is 4.99. The molecule has 3 aromatic rings. The number of aliphatic hydroxyl groups excluding tert-OH is 1. The predicted molar refractivity (Wildman–Crippen MR) is 116 cm³/mol. The molecule has 4 rings (SSSR count). The van der Waals surface area contributed by atoms with Gasteiger partial charge in [-0.2, -0.15) is 0 Å². The monoisotopic (exact) mass is 440 g/mol. The molecule has 0 saturated carbocycles. The van der Waals surface area contributed by atoms with Gasteiger partial charge in [-0.15, -0.1) is 11.3 Å². The van der Waals surface area contributed by atoms with Crippen LogP contribution in [0, 0.1) is 13.8 Å². The lowest BCUT2D eigenvalue weighted by Gasteiger charge is -2.23. The van der Waals surface area contributed by atoms with Gasteiger partial charge in [0.25, 0.3) is 5.78 Å². The van der Waals surface area contributed by atoms with Crippen LogP contribution in [0.4, 0.5) is 5.13 Å². The Bertz CT molecular complexity index is 1160. The molecule has 6 nitrogen and oxygen atoms in total. The van der Waals surface area contributed by atoms with Gasteiger partial charge in [0.15, 0.2) is 5.13 Å². The molecule has 1 aromatic heterocycles. The highest BCUT2D eigenvalue weighted by atomic mass is 35.5. The summed E-state index contributed by atoms with van der Waals surface area (Å²) in [6.07, 6.45) is 0. The third kappa shape index (κ3) is 3.36. The van der Waals surface area contributed by atoms with E-state index in [1.807, 2.05) is 13.8 Å². The molecule has 8 heteroatoms. The fourth-order valence-corrected chi connectivity index (χ4v) is 4.39. The minimum atomic E-state index is -0.883. The van der Waals surface area contributed by atoms with Crippen LogP contribution in [-0.2, 0) is 9.59 Å². The molecule has 1 aliphatic rings. The molecule has 2 aromatic carbocycles. The summed E-state index contributed by atoms with van der Waals surface area (Å²) in [6, 6.07) is 11.6. The maximum atomic E-state index is 13.0. The van der Waals surface area contributed by atoms with E-state index in [4.69, 9.17) is 11.6 Å². The summed E-state index contributed by atoms with van der Waals surface area (Å²) in [6.45, 7) is 3.71. The summed E-state index contributed by atoms with van der Waals surface area (Å²) in [5.74, 6) is -1.81. The van der Waals surface area contributed by atoms with Gasteiger partial charge >= 0.3 is 5.91 Å². The van der Waals surface area contributed by atoms with Crippen LogP contribution in [0.15, 0.2) is 54.1 Å². The zero-order chi connectivity index (χ0) is 21.6. The van der Waals surface area contributed by atoms with Crippen molar-refractivity contribution < 1.29 is 19.8 Å². The summed E-state index contributed by atoms with van der Waals surface area (Å²) < 4.78 is 0. The average Bonchev–Trinajstić information content (AvgIpc) is 3.18. The zero-order valence-corrected chi connectivity index (χ0v) is 17.7. The van der Waals surface area contributed by atoms with Crippen molar-refractivity contribution >= 4 is 45.5 Å². The van der Waals surface area contributed by atoms with Crippen LogP contribution in [0.25, 0.3) is 5.76 Å². The van der Waals surface area contributed by atoms with E-state index in [2.05, 4.69) is 4.98 Å². The summed E-state index contributed by atoms with van der Waals surface area (Å²) in [5, 5.41) is 21.5. The van der Waals surface area contributed by atoms with Crippen LogP contribution in [0.5, 0.6) is 5.75 Å². The molecule has 1 amide bonds. The fraction of sp³-hybridized carbons (Fsp3) is 0.136. The van der Waals surface area contributed by atoms with Gasteiger partial charge in [0.1, 0.15) is 11.5 Å². The fourth-order valence-electron chi connectivity index (χ4n) is 3.32. The molecule has 152 valence electrons. The molecule has 0 aliphatic carbocycles. The lowest BCUT2D eigenvalue weighted by Crippen LogP contribution is -2.29. The number of hydrogen-bond acceptors (Lipinski definition) is 6. The molecular formula is C22H17ClN2O4S. The Hall–Kier alpha value is -3.16. The SMILES string of the molecule is Cc1nc(N2C(=O)C(=O)/C(=C(\O)c3ccc(Cl)cc3)C2c2ccc(O)cc2)sc1C. The van der Waals surface area contributed by atoms with Gasteiger partial charge in [-0.25, -0.2) is 4.98 Å². The number of halogens is 1. The Balaban J connectivity index is 1.94. The summed E-state index contributed by atoms with van der Waals surface area (Å²) in [7, 11) is 0. The highest BCUT2D eigenvalue weighted by Gasteiger charge is 2.48. The maximum absolute atomic E-state index is 13.0. The van der Waals surface area contributed by atoms with E-state index >= 15 is 0 Å². The van der Waals surface area contributed by atoms with Crippen LogP contribution >= 0.6 is 22.9 Å². The first-order chi connectivity index (χ1) is 14.3. The number of benzene rings is 2. The smallest absolute Gasteiger partial charge is 0.301 e. The Kier molecular flexibility index (Phi) is 5.09. The molecule has 1 atom stereocenters. The van der Waals surface area contributed by atoms with Crippen LogP contribution in [-0.4, -0.2) is 26.9 Å². The quantitative estimate of drug-likeness (QED) is 0.348.